The topological polar surface area (TPSA) is 46.0 Å². The second-order valence-electron chi connectivity index (χ2n) is 8.02. The van der Waals surface area contributed by atoms with E-state index in [0.29, 0.717) is 5.92 Å². The maximum Gasteiger partial charge on any atom is 0.147 e. The first-order valence-corrected chi connectivity index (χ1v) is 10.9. The van der Waals surface area contributed by atoms with Gasteiger partial charge < -0.3 is 0 Å². The molecule has 1 aromatic heterocycles. The first-order valence-electron chi connectivity index (χ1n) is 10.9. The average molecular weight is 398 g/mol. The van der Waals surface area contributed by atoms with Crippen molar-refractivity contribution in [3.63, 3.8) is 0 Å². The lowest BCUT2D eigenvalue weighted by molar-refractivity contribution is 0.234. The highest BCUT2D eigenvalue weighted by Gasteiger charge is 2.33. The molecule has 1 N–H and O–H groups in total. The zero-order valence-corrected chi connectivity index (χ0v) is 17.1. The van der Waals surface area contributed by atoms with E-state index in [0.717, 1.165) is 22.4 Å². The highest BCUT2D eigenvalue weighted by molar-refractivity contribution is 5.74. The summed E-state index contributed by atoms with van der Waals surface area (Å²) >= 11 is 0. The Balaban J connectivity index is 1.63. The number of fused-ring (bicyclic) bond motifs is 1. The van der Waals surface area contributed by atoms with Gasteiger partial charge in [-0.25, -0.2) is 4.68 Å². The predicted molar refractivity (Wildman–Crippen MR) is 122 cm³/mol. The summed E-state index contributed by atoms with van der Waals surface area (Å²) in [5, 5.41) is 11.4. The smallest absolute Gasteiger partial charge is 0.147 e. The largest absolute Gasteiger partial charge is 0.296 e. The molecular formula is C25H27N5. The van der Waals surface area contributed by atoms with Crippen LogP contribution in [-0.2, 0) is 0 Å². The Morgan fingerprint density at radius 3 is 2.23 bits per heavy atom. The Hall–Kier alpha value is -3.34. The van der Waals surface area contributed by atoms with Gasteiger partial charge in [0.1, 0.15) is 11.7 Å². The van der Waals surface area contributed by atoms with Crippen molar-refractivity contribution < 1.29 is 0 Å². The summed E-state index contributed by atoms with van der Waals surface area (Å²) < 4.78 is 2.12. The van der Waals surface area contributed by atoms with Crippen molar-refractivity contribution in [1.82, 2.24) is 15.0 Å². The fourth-order valence-electron chi connectivity index (χ4n) is 4.56. The molecule has 0 saturated heterocycles. The summed E-state index contributed by atoms with van der Waals surface area (Å²) in [6, 6.07) is 29.2. The highest BCUT2D eigenvalue weighted by atomic mass is 15.6. The number of hydrazine groups is 1. The van der Waals surface area contributed by atoms with Crippen molar-refractivity contribution in [3.8, 4) is 0 Å². The van der Waals surface area contributed by atoms with Crippen LogP contribution in [0.25, 0.3) is 11.0 Å². The molecule has 1 unspecified atom stereocenters. The normalized spacial score (nSPS) is 15.7. The molecule has 3 aromatic carbocycles. The average Bonchev–Trinajstić information content (AvgIpc) is 3.25. The molecule has 1 fully saturated rings. The van der Waals surface area contributed by atoms with Gasteiger partial charge in [-0.3, -0.25) is 10.4 Å². The lowest BCUT2D eigenvalue weighted by Gasteiger charge is -2.40. The fourth-order valence-corrected chi connectivity index (χ4v) is 4.56. The molecule has 1 saturated carbocycles. The Labute approximate surface area is 177 Å². The van der Waals surface area contributed by atoms with Crippen LogP contribution in [0.3, 0.4) is 0 Å². The minimum atomic E-state index is 0.0281. The molecule has 0 aliphatic heterocycles. The van der Waals surface area contributed by atoms with E-state index in [1.807, 2.05) is 18.2 Å². The van der Waals surface area contributed by atoms with Crippen LogP contribution in [0.15, 0.2) is 84.9 Å². The third kappa shape index (κ3) is 3.75. The number of hydrogen-bond acceptors (Lipinski definition) is 4. The first kappa shape index (κ1) is 18.7. The van der Waals surface area contributed by atoms with Gasteiger partial charge >= 0.3 is 0 Å². The molecule has 1 atom stereocenters. The summed E-state index contributed by atoms with van der Waals surface area (Å²) in [7, 11) is 0. The molecular weight excluding hydrogens is 370 g/mol. The number of anilines is 2. The van der Waals surface area contributed by atoms with Crippen LogP contribution in [-0.4, -0.2) is 15.0 Å². The van der Waals surface area contributed by atoms with Gasteiger partial charge in [0, 0.05) is 5.92 Å². The number of nitrogens with one attached hydrogen (secondary N) is 1. The first-order chi connectivity index (χ1) is 14.9. The molecule has 1 aliphatic rings. The molecule has 0 amide bonds. The molecule has 4 aromatic rings. The van der Waals surface area contributed by atoms with Crippen LogP contribution in [0.1, 0.15) is 38.3 Å². The van der Waals surface area contributed by atoms with E-state index in [4.69, 9.17) is 0 Å². The second-order valence-corrected chi connectivity index (χ2v) is 8.02. The lowest BCUT2D eigenvalue weighted by atomic mass is 9.86. The highest BCUT2D eigenvalue weighted by Crippen LogP contribution is 2.38. The monoisotopic (exact) mass is 397 g/mol. The van der Waals surface area contributed by atoms with E-state index in [9.17, 15) is 0 Å². The molecule has 0 spiro atoms. The van der Waals surface area contributed by atoms with E-state index < -0.39 is 0 Å². The minimum absolute atomic E-state index is 0.0281. The van der Waals surface area contributed by atoms with Gasteiger partial charge in [-0.15, -0.1) is 5.10 Å². The van der Waals surface area contributed by atoms with Gasteiger partial charge in [-0.1, -0.05) is 73.0 Å². The molecule has 1 aliphatic carbocycles. The van der Waals surface area contributed by atoms with Crippen molar-refractivity contribution in [2.45, 2.75) is 38.3 Å². The SMILES string of the molecule is c1ccc(NN(c2ccccc2)C(C2CCCCC2)n2nnc3ccccc32)cc1. The van der Waals surface area contributed by atoms with Gasteiger partial charge in [0.15, 0.2) is 0 Å². The van der Waals surface area contributed by atoms with Crippen molar-refractivity contribution >= 4 is 22.4 Å². The van der Waals surface area contributed by atoms with E-state index in [-0.39, 0.29) is 6.17 Å². The van der Waals surface area contributed by atoms with E-state index >= 15 is 0 Å². The quantitative estimate of drug-likeness (QED) is 0.403. The van der Waals surface area contributed by atoms with Gasteiger partial charge in [-0.05, 0) is 49.2 Å². The van der Waals surface area contributed by atoms with Gasteiger partial charge in [0.05, 0.1) is 16.9 Å². The Morgan fingerprint density at radius 1 is 0.800 bits per heavy atom. The fraction of sp³-hybridized carbons (Fsp3) is 0.280. The van der Waals surface area contributed by atoms with E-state index in [1.54, 1.807) is 0 Å². The van der Waals surface area contributed by atoms with Crippen molar-refractivity contribution in [3.05, 3.63) is 84.9 Å². The summed E-state index contributed by atoms with van der Waals surface area (Å²) in [5.74, 6) is 0.486. The van der Waals surface area contributed by atoms with Gasteiger partial charge in [0.2, 0.25) is 0 Å². The maximum absolute atomic E-state index is 4.64. The Bertz CT molecular complexity index is 1070. The van der Waals surface area contributed by atoms with Crippen molar-refractivity contribution in [2.24, 2.45) is 5.92 Å². The second kappa shape index (κ2) is 8.57. The van der Waals surface area contributed by atoms with Gasteiger partial charge in [0.25, 0.3) is 0 Å². The molecule has 0 radical (unpaired) electrons. The van der Waals surface area contributed by atoms with Crippen LogP contribution in [0.5, 0.6) is 0 Å². The van der Waals surface area contributed by atoms with Crippen LogP contribution < -0.4 is 10.4 Å². The number of aromatic nitrogens is 3. The number of hydrogen-bond donors (Lipinski definition) is 1. The third-order valence-electron chi connectivity index (χ3n) is 6.02. The maximum atomic E-state index is 4.64. The predicted octanol–water partition coefficient (Wildman–Crippen LogP) is 6.04. The van der Waals surface area contributed by atoms with Gasteiger partial charge in [-0.2, -0.15) is 0 Å². The van der Waals surface area contributed by atoms with Crippen LogP contribution in [0.2, 0.25) is 0 Å². The summed E-state index contributed by atoms with van der Waals surface area (Å²) in [5.41, 5.74) is 7.88. The Kier molecular flexibility index (Phi) is 5.34. The lowest BCUT2D eigenvalue weighted by Crippen LogP contribution is -2.42. The summed E-state index contributed by atoms with van der Waals surface area (Å²) in [6.07, 6.45) is 6.26. The molecule has 5 heteroatoms. The summed E-state index contributed by atoms with van der Waals surface area (Å²) in [6.45, 7) is 0. The molecule has 152 valence electrons. The molecule has 30 heavy (non-hydrogen) atoms. The third-order valence-corrected chi connectivity index (χ3v) is 6.02. The van der Waals surface area contributed by atoms with Crippen LogP contribution >= 0.6 is 0 Å². The minimum Gasteiger partial charge on any atom is -0.296 e. The standard InChI is InChI=1S/C25H27N5/c1-4-12-20(13-5-1)25(30-24-19-11-10-18-23(24)26-28-30)29(22-16-8-3-9-17-22)27-21-14-6-2-7-15-21/h2-3,6-11,14-20,25,27H,1,4-5,12-13H2. The summed E-state index contributed by atoms with van der Waals surface area (Å²) in [4.78, 5) is 0. The number of nitrogens with zero attached hydrogens (tertiary/aromatic N) is 4. The van der Waals surface area contributed by atoms with E-state index in [1.165, 1.54) is 32.1 Å². The molecule has 5 nitrogen and oxygen atoms in total. The van der Waals surface area contributed by atoms with Crippen molar-refractivity contribution in [1.29, 1.82) is 0 Å². The van der Waals surface area contributed by atoms with E-state index in [2.05, 4.69) is 92.2 Å². The number of benzene rings is 3. The van der Waals surface area contributed by atoms with Crippen molar-refractivity contribution in [2.75, 3.05) is 10.4 Å². The zero-order valence-electron chi connectivity index (χ0n) is 17.1. The number of para-hydroxylation sites is 3. The van der Waals surface area contributed by atoms with Crippen LogP contribution in [0.4, 0.5) is 11.4 Å². The van der Waals surface area contributed by atoms with Crippen LogP contribution in [0, 0.1) is 5.92 Å². The Morgan fingerprint density at radius 2 is 1.47 bits per heavy atom. The molecule has 5 rings (SSSR count). The number of rotatable bonds is 6. The molecule has 0 bridgehead atoms. The zero-order chi connectivity index (χ0) is 20.2. The molecule has 1 heterocycles.